The van der Waals surface area contributed by atoms with Crippen molar-refractivity contribution in [2.75, 3.05) is 4.90 Å². The van der Waals surface area contributed by atoms with E-state index in [1.54, 1.807) is 35.2 Å². The second kappa shape index (κ2) is 7.12. The minimum absolute atomic E-state index is 0.0954. The number of nitrogens with zero attached hydrogens (tertiary/aromatic N) is 1. The molecule has 27 heavy (non-hydrogen) atoms. The zero-order valence-corrected chi connectivity index (χ0v) is 15.2. The third-order valence-corrected chi connectivity index (χ3v) is 5.16. The molecule has 1 fully saturated rings. The van der Waals surface area contributed by atoms with E-state index >= 15 is 0 Å². The summed E-state index contributed by atoms with van der Waals surface area (Å²) < 4.78 is 10.9. The van der Waals surface area contributed by atoms with E-state index in [9.17, 15) is 9.59 Å². The normalized spacial score (nSPS) is 16.0. The van der Waals surface area contributed by atoms with E-state index in [4.69, 9.17) is 26.2 Å². The predicted molar refractivity (Wildman–Crippen MR) is 99.7 cm³/mol. The molecule has 6 nitrogen and oxygen atoms in total. The van der Waals surface area contributed by atoms with Crippen molar-refractivity contribution in [2.45, 2.75) is 38.3 Å². The number of amides is 1. The van der Waals surface area contributed by atoms with Crippen molar-refractivity contribution in [1.82, 2.24) is 0 Å². The van der Waals surface area contributed by atoms with E-state index in [-0.39, 0.29) is 24.2 Å². The fourth-order valence-corrected chi connectivity index (χ4v) is 3.55. The van der Waals surface area contributed by atoms with Gasteiger partial charge in [-0.2, -0.15) is 0 Å². The molecule has 0 aromatic heterocycles. The lowest BCUT2D eigenvalue weighted by molar-refractivity contribution is -0.117. The summed E-state index contributed by atoms with van der Waals surface area (Å²) in [7, 11) is 0. The number of rotatable bonds is 5. The summed E-state index contributed by atoms with van der Waals surface area (Å²) in [5.74, 6) is 0.789. The Labute approximate surface area is 161 Å². The molecule has 1 aliphatic heterocycles. The van der Waals surface area contributed by atoms with Crippen LogP contribution in [-0.2, 0) is 17.8 Å². The average Bonchev–Trinajstić information content (AvgIpc) is 2.89. The molecule has 1 N–H and O–H groups in total. The number of fused-ring (bicyclic) bond motifs is 1. The van der Waals surface area contributed by atoms with Gasteiger partial charge in [-0.15, -0.1) is 0 Å². The Balaban J connectivity index is 1.63. The molecule has 0 unspecified atom stereocenters. The van der Waals surface area contributed by atoms with Crippen molar-refractivity contribution in [3.8, 4) is 11.5 Å². The highest BCUT2D eigenvalue weighted by Gasteiger charge is 2.31. The van der Waals surface area contributed by atoms with Gasteiger partial charge in [0.2, 0.25) is 5.91 Å². The molecule has 1 aliphatic carbocycles. The maximum Gasteiger partial charge on any atom is 0.511 e. The maximum absolute atomic E-state index is 12.6. The number of halogens is 1. The van der Waals surface area contributed by atoms with Crippen LogP contribution in [0.2, 0.25) is 5.02 Å². The van der Waals surface area contributed by atoms with Crippen molar-refractivity contribution in [1.29, 1.82) is 0 Å². The van der Waals surface area contributed by atoms with E-state index in [0.29, 0.717) is 22.8 Å². The van der Waals surface area contributed by atoms with Gasteiger partial charge in [0, 0.05) is 16.1 Å². The Morgan fingerprint density at radius 3 is 2.74 bits per heavy atom. The van der Waals surface area contributed by atoms with Crippen LogP contribution >= 0.6 is 11.6 Å². The lowest BCUT2D eigenvalue weighted by Crippen LogP contribution is -2.28. The molecule has 140 valence electrons. The quantitative estimate of drug-likeness (QED) is 0.607. The maximum atomic E-state index is 12.6. The van der Waals surface area contributed by atoms with E-state index in [1.807, 2.05) is 6.07 Å². The molecule has 1 heterocycles. The van der Waals surface area contributed by atoms with Crippen LogP contribution in [0, 0.1) is 0 Å². The van der Waals surface area contributed by atoms with Crippen LogP contribution < -0.4 is 14.4 Å². The molecule has 7 heteroatoms. The largest absolute Gasteiger partial charge is 0.511 e. The van der Waals surface area contributed by atoms with Crippen LogP contribution in [0.1, 0.15) is 30.4 Å². The molecule has 0 radical (unpaired) electrons. The average molecular weight is 388 g/mol. The minimum Gasteiger partial charge on any atom is -0.490 e. The predicted octanol–water partition coefficient (Wildman–Crippen LogP) is 4.42. The number of hydrogen-bond donors (Lipinski definition) is 1. The summed E-state index contributed by atoms with van der Waals surface area (Å²) in [4.78, 5) is 25.1. The molecular weight excluding hydrogens is 370 g/mol. The van der Waals surface area contributed by atoms with Gasteiger partial charge in [0.05, 0.1) is 24.8 Å². The first-order valence-electron chi connectivity index (χ1n) is 8.79. The van der Waals surface area contributed by atoms with Crippen LogP contribution in [0.25, 0.3) is 0 Å². The second-order valence-electron chi connectivity index (χ2n) is 6.70. The zero-order chi connectivity index (χ0) is 19.0. The zero-order valence-electron chi connectivity index (χ0n) is 14.5. The van der Waals surface area contributed by atoms with Gasteiger partial charge in [0.1, 0.15) is 11.5 Å². The third-order valence-electron chi connectivity index (χ3n) is 4.92. The molecular formula is C20H18ClNO5. The van der Waals surface area contributed by atoms with Crippen molar-refractivity contribution >= 4 is 29.4 Å². The standard InChI is InChI=1S/C20H18ClNO5/c21-13-7-8-17(26-14-3-1-4-14)12(9-13)11-22-16-5-2-6-18(27-20(24)25)15(16)10-19(22)23/h2,5-9,14H,1,3-4,10-11H2,(H,24,25). The summed E-state index contributed by atoms with van der Waals surface area (Å²) in [6, 6.07) is 10.4. The number of anilines is 1. The summed E-state index contributed by atoms with van der Waals surface area (Å²) in [6.07, 6.45) is 2.13. The molecule has 4 rings (SSSR count). The van der Waals surface area contributed by atoms with E-state index < -0.39 is 6.16 Å². The van der Waals surface area contributed by atoms with Gasteiger partial charge in [-0.3, -0.25) is 4.79 Å². The van der Waals surface area contributed by atoms with Gasteiger partial charge in [0.25, 0.3) is 0 Å². The SMILES string of the molecule is O=C(O)Oc1cccc2c1CC(=O)N2Cc1cc(Cl)ccc1OC1CCC1. The van der Waals surface area contributed by atoms with Crippen LogP contribution in [0.4, 0.5) is 10.5 Å². The minimum atomic E-state index is -1.40. The van der Waals surface area contributed by atoms with Gasteiger partial charge in [-0.25, -0.2) is 4.79 Å². The van der Waals surface area contributed by atoms with E-state index in [1.165, 1.54) is 0 Å². The van der Waals surface area contributed by atoms with Crippen molar-refractivity contribution in [2.24, 2.45) is 0 Å². The third kappa shape index (κ3) is 3.57. The highest BCUT2D eigenvalue weighted by molar-refractivity contribution is 6.30. The smallest absolute Gasteiger partial charge is 0.490 e. The Morgan fingerprint density at radius 2 is 2.04 bits per heavy atom. The van der Waals surface area contributed by atoms with Gasteiger partial charge >= 0.3 is 6.16 Å². The Kier molecular flexibility index (Phi) is 4.66. The molecule has 0 bridgehead atoms. The molecule has 1 saturated carbocycles. The first-order chi connectivity index (χ1) is 13.0. The molecule has 2 aromatic carbocycles. The fraction of sp³-hybridized carbons (Fsp3) is 0.300. The lowest BCUT2D eigenvalue weighted by Gasteiger charge is -2.28. The number of ether oxygens (including phenoxy) is 2. The monoisotopic (exact) mass is 387 g/mol. The highest BCUT2D eigenvalue weighted by atomic mass is 35.5. The number of carboxylic acid groups (broad SMARTS) is 1. The second-order valence-corrected chi connectivity index (χ2v) is 7.14. The fourth-order valence-electron chi connectivity index (χ4n) is 3.35. The molecule has 1 amide bonds. The summed E-state index contributed by atoms with van der Waals surface area (Å²) >= 11 is 6.16. The Hall–Kier alpha value is -2.73. The summed E-state index contributed by atoms with van der Waals surface area (Å²) in [5, 5.41) is 9.46. The molecule has 2 aromatic rings. The summed E-state index contributed by atoms with van der Waals surface area (Å²) in [5.41, 5.74) is 2.04. The Morgan fingerprint density at radius 1 is 1.22 bits per heavy atom. The van der Waals surface area contributed by atoms with E-state index in [0.717, 1.165) is 30.6 Å². The van der Waals surface area contributed by atoms with E-state index in [2.05, 4.69) is 0 Å². The first kappa shape index (κ1) is 17.7. The van der Waals surface area contributed by atoms with Crippen molar-refractivity contribution < 1.29 is 24.2 Å². The number of carbonyl (C=O) groups excluding carboxylic acids is 1. The van der Waals surface area contributed by atoms with Crippen LogP contribution in [-0.4, -0.2) is 23.3 Å². The molecule has 0 spiro atoms. The van der Waals surface area contributed by atoms with Crippen molar-refractivity contribution in [3.63, 3.8) is 0 Å². The van der Waals surface area contributed by atoms with Crippen LogP contribution in [0.15, 0.2) is 36.4 Å². The molecule has 2 aliphatic rings. The van der Waals surface area contributed by atoms with Gasteiger partial charge < -0.3 is 19.5 Å². The topological polar surface area (TPSA) is 76.1 Å². The molecule has 0 saturated heterocycles. The van der Waals surface area contributed by atoms with Crippen molar-refractivity contribution in [3.05, 3.63) is 52.5 Å². The lowest BCUT2D eigenvalue weighted by atomic mass is 9.96. The number of carbonyl (C=O) groups is 2. The number of benzene rings is 2. The number of hydrogen-bond acceptors (Lipinski definition) is 4. The summed E-state index contributed by atoms with van der Waals surface area (Å²) in [6.45, 7) is 0.297. The first-order valence-corrected chi connectivity index (χ1v) is 9.17. The van der Waals surface area contributed by atoms with Gasteiger partial charge in [-0.05, 0) is 49.6 Å². The highest BCUT2D eigenvalue weighted by Crippen LogP contribution is 2.38. The van der Waals surface area contributed by atoms with Crippen LogP contribution in [0.5, 0.6) is 11.5 Å². The van der Waals surface area contributed by atoms with Crippen LogP contribution in [0.3, 0.4) is 0 Å². The molecule has 0 atom stereocenters. The van der Waals surface area contributed by atoms with Gasteiger partial charge in [0.15, 0.2) is 0 Å². The Bertz CT molecular complexity index is 909. The van der Waals surface area contributed by atoms with Gasteiger partial charge in [-0.1, -0.05) is 17.7 Å².